The Kier molecular flexibility index (Phi) is 4.00. The number of cyclic esters (lactones) is 2. The zero-order valence-electron chi connectivity index (χ0n) is 11.8. The number of halogens is 1. The van der Waals surface area contributed by atoms with Gasteiger partial charge in [0.05, 0.1) is 22.8 Å². The van der Waals surface area contributed by atoms with Crippen LogP contribution in [-0.2, 0) is 22.7 Å². The number of fused-ring (bicyclic) bond motifs is 2. The van der Waals surface area contributed by atoms with Crippen LogP contribution in [0.5, 0.6) is 0 Å². The van der Waals surface area contributed by atoms with Gasteiger partial charge in [0.1, 0.15) is 13.2 Å². The summed E-state index contributed by atoms with van der Waals surface area (Å²) >= 11 is 5.70. The average Bonchev–Trinajstić information content (AvgIpc) is 3.11. The normalized spacial score (nSPS) is 13.9. The molecule has 0 radical (unpaired) electrons. The predicted octanol–water partition coefficient (Wildman–Crippen LogP) is 3.24. The Balaban J connectivity index is 0.000000136. The van der Waals surface area contributed by atoms with Crippen molar-refractivity contribution in [3.05, 3.63) is 69.2 Å². The first kappa shape index (κ1) is 15.1. The molecule has 0 bridgehead atoms. The number of nitrogens with zero attached hydrogens (tertiary/aromatic N) is 1. The molecule has 0 amide bonds. The molecule has 0 aliphatic carbocycles. The third-order valence-electron chi connectivity index (χ3n) is 3.46. The highest BCUT2D eigenvalue weighted by Gasteiger charge is 2.21. The van der Waals surface area contributed by atoms with Gasteiger partial charge in [0, 0.05) is 16.1 Å². The fourth-order valence-corrected chi connectivity index (χ4v) is 2.50. The molecule has 4 rings (SSSR count). The number of hydrogen-bond acceptors (Lipinski definition) is 5. The molecule has 114 valence electrons. The van der Waals surface area contributed by atoms with E-state index in [9.17, 15) is 9.59 Å². The van der Waals surface area contributed by atoms with Gasteiger partial charge in [-0.15, -0.1) is 0 Å². The van der Waals surface area contributed by atoms with Crippen LogP contribution in [0.25, 0.3) is 0 Å². The summed E-state index contributed by atoms with van der Waals surface area (Å²) < 4.78 is 9.56. The lowest BCUT2D eigenvalue weighted by Crippen LogP contribution is -1.92. The van der Waals surface area contributed by atoms with Gasteiger partial charge in [-0.05, 0) is 36.4 Å². The van der Waals surface area contributed by atoms with Gasteiger partial charge in [0.25, 0.3) is 0 Å². The van der Waals surface area contributed by atoms with Crippen molar-refractivity contribution < 1.29 is 19.1 Å². The molecule has 2 heterocycles. The maximum atomic E-state index is 11.0. The summed E-state index contributed by atoms with van der Waals surface area (Å²) in [5.41, 5.74) is 3.46. The van der Waals surface area contributed by atoms with Crippen molar-refractivity contribution in [3.8, 4) is 6.07 Å². The van der Waals surface area contributed by atoms with Crippen LogP contribution in [0.4, 0.5) is 0 Å². The fourth-order valence-electron chi connectivity index (χ4n) is 2.30. The number of ether oxygens (including phenoxy) is 2. The number of esters is 2. The first-order valence-corrected chi connectivity index (χ1v) is 7.12. The molecule has 0 unspecified atom stereocenters. The van der Waals surface area contributed by atoms with Crippen LogP contribution in [0.1, 0.15) is 37.4 Å². The summed E-state index contributed by atoms with van der Waals surface area (Å²) in [7, 11) is 0. The number of carbonyl (C=O) groups excluding carboxylic acids is 2. The fraction of sp³-hybridized carbons (Fsp3) is 0.118. The molecule has 23 heavy (non-hydrogen) atoms. The maximum absolute atomic E-state index is 11.0. The van der Waals surface area contributed by atoms with Gasteiger partial charge in [0.2, 0.25) is 0 Å². The topological polar surface area (TPSA) is 76.4 Å². The summed E-state index contributed by atoms with van der Waals surface area (Å²) in [6, 6.07) is 12.1. The standard InChI is InChI=1S/C9H5NO2.C8H5ClO2/c10-4-6-1-2-8-7(3-6)5-12-9(8)11;9-6-1-2-7-5(3-6)4-11-8(7)10/h1-3H,5H2;1-3H,4H2. The first-order valence-electron chi connectivity index (χ1n) is 6.74. The molecule has 2 aromatic rings. The average molecular weight is 328 g/mol. The van der Waals surface area contributed by atoms with E-state index in [0.29, 0.717) is 34.9 Å². The SMILES string of the molecule is N#Cc1ccc2c(c1)COC2=O.O=C1OCc2cc(Cl)ccc21. The first-order chi connectivity index (χ1) is 11.1. The maximum Gasteiger partial charge on any atom is 0.338 e. The Morgan fingerprint density at radius 1 is 0.913 bits per heavy atom. The summed E-state index contributed by atoms with van der Waals surface area (Å²) in [6.45, 7) is 0.651. The molecule has 0 saturated heterocycles. The Hall–Kier alpha value is -2.84. The largest absolute Gasteiger partial charge is 0.457 e. The molecule has 2 aromatic carbocycles. The van der Waals surface area contributed by atoms with Gasteiger partial charge < -0.3 is 9.47 Å². The molecule has 0 aromatic heterocycles. The zero-order chi connectivity index (χ0) is 16.4. The van der Waals surface area contributed by atoms with E-state index >= 15 is 0 Å². The lowest BCUT2D eigenvalue weighted by Gasteiger charge is -1.92. The van der Waals surface area contributed by atoms with Gasteiger partial charge in [0.15, 0.2) is 0 Å². The molecule has 0 atom stereocenters. The molecule has 0 spiro atoms. The quantitative estimate of drug-likeness (QED) is 0.694. The minimum Gasteiger partial charge on any atom is -0.457 e. The van der Waals surface area contributed by atoms with Gasteiger partial charge in [-0.25, -0.2) is 9.59 Å². The van der Waals surface area contributed by atoms with Crippen molar-refractivity contribution in [2.45, 2.75) is 13.2 Å². The third-order valence-corrected chi connectivity index (χ3v) is 3.69. The van der Waals surface area contributed by atoms with E-state index in [4.69, 9.17) is 26.3 Å². The highest BCUT2D eigenvalue weighted by Crippen LogP contribution is 2.23. The lowest BCUT2D eigenvalue weighted by molar-refractivity contribution is 0.0526. The van der Waals surface area contributed by atoms with E-state index in [1.54, 1.807) is 36.4 Å². The smallest absolute Gasteiger partial charge is 0.338 e. The van der Waals surface area contributed by atoms with Crippen LogP contribution < -0.4 is 0 Å². The second-order valence-corrected chi connectivity index (χ2v) is 5.37. The van der Waals surface area contributed by atoms with Crippen molar-refractivity contribution in [1.82, 2.24) is 0 Å². The van der Waals surface area contributed by atoms with Crippen LogP contribution in [0.2, 0.25) is 5.02 Å². The minimum absolute atomic E-state index is 0.253. The van der Waals surface area contributed by atoms with E-state index in [2.05, 4.69) is 0 Å². The van der Waals surface area contributed by atoms with Gasteiger partial charge in [-0.2, -0.15) is 5.26 Å². The molecule has 6 heteroatoms. The van der Waals surface area contributed by atoms with E-state index < -0.39 is 0 Å². The second kappa shape index (κ2) is 6.11. The zero-order valence-corrected chi connectivity index (χ0v) is 12.6. The van der Waals surface area contributed by atoms with Crippen LogP contribution in [0.3, 0.4) is 0 Å². The third kappa shape index (κ3) is 3.03. The summed E-state index contributed by atoms with van der Waals surface area (Å²) in [5.74, 6) is -0.550. The Bertz CT molecular complexity index is 854. The van der Waals surface area contributed by atoms with Crippen molar-refractivity contribution >= 4 is 23.5 Å². The van der Waals surface area contributed by atoms with Crippen LogP contribution in [0.15, 0.2) is 36.4 Å². The highest BCUT2D eigenvalue weighted by molar-refractivity contribution is 6.30. The number of benzene rings is 2. The summed E-state index contributed by atoms with van der Waals surface area (Å²) in [6.07, 6.45) is 0. The van der Waals surface area contributed by atoms with Crippen molar-refractivity contribution in [3.63, 3.8) is 0 Å². The molecular weight excluding hydrogens is 318 g/mol. The van der Waals surface area contributed by atoms with E-state index in [0.717, 1.165) is 11.1 Å². The number of carbonyl (C=O) groups is 2. The monoisotopic (exact) mass is 327 g/mol. The van der Waals surface area contributed by atoms with Crippen molar-refractivity contribution in [2.24, 2.45) is 0 Å². The number of nitriles is 1. The van der Waals surface area contributed by atoms with E-state index in [1.807, 2.05) is 6.07 Å². The number of hydrogen-bond donors (Lipinski definition) is 0. The molecule has 2 aliphatic rings. The summed E-state index contributed by atoms with van der Waals surface area (Å²) in [4.78, 5) is 21.9. The van der Waals surface area contributed by atoms with Crippen LogP contribution in [0, 0.1) is 11.3 Å². The Morgan fingerprint density at radius 3 is 2.09 bits per heavy atom. The second-order valence-electron chi connectivity index (χ2n) is 4.94. The summed E-state index contributed by atoms with van der Waals surface area (Å²) in [5, 5.41) is 9.20. The Labute approximate surface area is 137 Å². The van der Waals surface area contributed by atoms with E-state index in [-0.39, 0.29) is 11.9 Å². The molecule has 2 aliphatic heterocycles. The van der Waals surface area contributed by atoms with E-state index in [1.165, 1.54) is 0 Å². The Morgan fingerprint density at radius 2 is 1.48 bits per heavy atom. The molecule has 5 nitrogen and oxygen atoms in total. The van der Waals surface area contributed by atoms with Crippen LogP contribution >= 0.6 is 11.6 Å². The highest BCUT2D eigenvalue weighted by atomic mass is 35.5. The molecule has 0 saturated carbocycles. The minimum atomic E-state index is -0.297. The predicted molar refractivity (Wildman–Crippen MR) is 80.8 cm³/mol. The molecule has 0 fully saturated rings. The van der Waals surface area contributed by atoms with Crippen molar-refractivity contribution in [2.75, 3.05) is 0 Å². The number of rotatable bonds is 0. The van der Waals surface area contributed by atoms with Crippen LogP contribution in [-0.4, -0.2) is 11.9 Å². The molecule has 0 N–H and O–H groups in total. The van der Waals surface area contributed by atoms with Gasteiger partial charge >= 0.3 is 11.9 Å². The van der Waals surface area contributed by atoms with Gasteiger partial charge in [-0.3, -0.25) is 0 Å². The van der Waals surface area contributed by atoms with Crippen molar-refractivity contribution in [1.29, 1.82) is 5.26 Å². The van der Waals surface area contributed by atoms with Gasteiger partial charge in [-0.1, -0.05) is 11.6 Å². The molecular formula is C17H10ClNO4. The lowest BCUT2D eigenvalue weighted by atomic mass is 10.1.